The van der Waals surface area contributed by atoms with Gasteiger partial charge in [-0.3, -0.25) is 14.4 Å². The summed E-state index contributed by atoms with van der Waals surface area (Å²) in [6.07, 6.45) is 2.84. The third-order valence-electron chi connectivity index (χ3n) is 7.90. The molecule has 0 spiro atoms. The number of fused-ring (bicyclic) bond motifs is 1. The fraction of sp³-hybridized carbons (Fsp3) is 0.194. The Kier molecular flexibility index (Phi) is 9.13. The molecule has 43 heavy (non-hydrogen) atoms. The van der Waals surface area contributed by atoms with Crippen LogP contribution in [-0.4, -0.2) is 29.8 Å². The van der Waals surface area contributed by atoms with Crippen LogP contribution in [0.1, 0.15) is 41.8 Å². The summed E-state index contributed by atoms with van der Waals surface area (Å²) in [5.74, 6) is -0.608. The second kappa shape index (κ2) is 13.3. The van der Waals surface area contributed by atoms with E-state index in [4.69, 9.17) is 5.73 Å². The van der Waals surface area contributed by atoms with Crippen LogP contribution in [0.25, 0.3) is 16.7 Å². The lowest BCUT2D eigenvalue weighted by molar-refractivity contribution is -0.117. The van der Waals surface area contributed by atoms with Crippen LogP contribution in [0.2, 0.25) is 0 Å². The number of nitrogens with two attached hydrogens (primary N) is 1. The van der Waals surface area contributed by atoms with Crippen LogP contribution in [0, 0.1) is 5.92 Å². The fourth-order valence-corrected chi connectivity index (χ4v) is 5.40. The topological polar surface area (TPSA) is 113 Å². The van der Waals surface area contributed by atoms with E-state index in [0.29, 0.717) is 23.4 Å². The average molecular weight is 573 g/mol. The van der Waals surface area contributed by atoms with E-state index in [0.717, 1.165) is 34.2 Å². The maximum absolute atomic E-state index is 13.6. The molecular weight excluding hydrogens is 536 g/mol. The minimum absolute atomic E-state index is 0.132. The van der Waals surface area contributed by atoms with E-state index >= 15 is 0 Å². The highest BCUT2D eigenvalue weighted by molar-refractivity contribution is 6.11. The number of amides is 3. The van der Waals surface area contributed by atoms with Crippen molar-refractivity contribution in [1.82, 2.24) is 5.32 Å². The molecule has 3 atom stereocenters. The Morgan fingerprint density at radius 3 is 1.95 bits per heavy atom. The van der Waals surface area contributed by atoms with Gasteiger partial charge >= 0.3 is 0 Å². The van der Waals surface area contributed by atoms with Crippen molar-refractivity contribution in [3.05, 3.63) is 126 Å². The van der Waals surface area contributed by atoms with E-state index in [1.54, 1.807) is 12.1 Å². The number of hydrogen-bond donors (Lipinski definition) is 4. The van der Waals surface area contributed by atoms with Gasteiger partial charge in [-0.1, -0.05) is 105 Å². The molecule has 218 valence electrons. The molecule has 5 rings (SSSR count). The summed E-state index contributed by atoms with van der Waals surface area (Å²) >= 11 is 0. The van der Waals surface area contributed by atoms with Gasteiger partial charge in [0.25, 0.3) is 5.91 Å². The van der Waals surface area contributed by atoms with Gasteiger partial charge in [-0.25, -0.2) is 0 Å². The maximum Gasteiger partial charge on any atom is 0.252 e. The number of anilines is 2. The first-order chi connectivity index (χ1) is 20.9. The first kappa shape index (κ1) is 29.5. The third kappa shape index (κ3) is 6.74. The van der Waals surface area contributed by atoms with Gasteiger partial charge < -0.3 is 21.7 Å². The second-order valence-corrected chi connectivity index (χ2v) is 10.8. The van der Waals surface area contributed by atoms with Crippen LogP contribution in [0.15, 0.2) is 109 Å². The standard InChI is InChI=1S/C36H36N4O3/c1-3-23(2)34-29(25-15-7-8-18-28(25)35(42)40-34)22-33(41)38-31-19-11-9-16-26(31)27-17-10-12-20-32(27)39-36(43)30(37)21-24-13-5-4-6-14-24/h4-20,22-23,30,34H,3,21,37H2,1-2H3,(H,38,41)(H,39,43)(H,40,42)/b29-22-/t23?,30-,34?/m0/s1. The summed E-state index contributed by atoms with van der Waals surface area (Å²) in [6, 6.07) is 30.9. The third-order valence-corrected chi connectivity index (χ3v) is 7.90. The van der Waals surface area contributed by atoms with E-state index in [-0.39, 0.29) is 29.7 Å². The zero-order valence-electron chi connectivity index (χ0n) is 24.3. The molecule has 4 aromatic rings. The molecule has 1 heterocycles. The minimum Gasteiger partial charge on any atom is -0.345 e. The van der Waals surface area contributed by atoms with E-state index in [1.165, 1.54) is 0 Å². The zero-order chi connectivity index (χ0) is 30.3. The summed E-state index contributed by atoms with van der Waals surface area (Å²) in [5, 5.41) is 9.12. The molecule has 5 N–H and O–H groups in total. The Labute approximate surface area is 252 Å². The molecule has 2 unspecified atom stereocenters. The van der Waals surface area contributed by atoms with Crippen LogP contribution in [0.5, 0.6) is 0 Å². The van der Waals surface area contributed by atoms with Crippen LogP contribution in [0.3, 0.4) is 0 Å². The molecule has 7 heteroatoms. The molecule has 7 nitrogen and oxygen atoms in total. The van der Waals surface area contributed by atoms with Crippen LogP contribution < -0.4 is 21.7 Å². The maximum atomic E-state index is 13.6. The lowest BCUT2D eigenvalue weighted by Crippen LogP contribution is -2.44. The lowest BCUT2D eigenvalue weighted by Gasteiger charge is -2.32. The second-order valence-electron chi connectivity index (χ2n) is 10.8. The van der Waals surface area contributed by atoms with E-state index < -0.39 is 6.04 Å². The van der Waals surface area contributed by atoms with Gasteiger partial charge in [-0.15, -0.1) is 0 Å². The molecule has 0 radical (unpaired) electrons. The van der Waals surface area contributed by atoms with E-state index in [9.17, 15) is 14.4 Å². The van der Waals surface area contributed by atoms with Gasteiger partial charge in [0.1, 0.15) is 0 Å². The van der Waals surface area contributed by atoms with Gasteiger partial charge in [0, 0.05) is 34.1 Å². The Balaban J connectivity index is 1.41. The normalized spacial score (nSPS) is 16.5. The molecule has 0 fully saturated rings. The van der Waals surface area contributed by atoms with E-state index in [2.05, 4.69) is 29.8 Å². The highest BCUT2D eigenvalue weighted by Gasteiger charge is 2.32. The predicted molar refractivity (Wildman–Crippen MR) is 172 cm³/mol. The predicted octanol–water partition coefficient (Wildman–Crippen LogP) is 6.04. The monoisotopic (exact) mass is 572 g/mol. The van der Waals surface area contributed by atoms with Gasteiger partial charge in [-0.05, 0) is 47.2 Å². The number of rotatable bonds is 9. The Bertz CT molecular complexity index is 1660. The summed E-state index contributed by atoms with van der Waals surface area (Å²) in [7, 11) is 0. The van der Waals surface area contributed by atoms with Crippen LogP contribution in [-0.2, 0) is 16.0 Å². The summed E-state index contributed by atoms with van der Waals surface area (Å²) in [4.78, 5) is 39.4. The number of para-hydroxylation sites is 2. The quantitative estimate of drug-likeness (QED) is 0.183. The zero-order valence-corrected chi connectivity index (χ0v) is 24.3. The number of hydrogen-bond acceptors (Lipinski definition) is 4. The number of carbonyl (C=O) groups excluding carboxylic acids is 3. The fourth-order valence-electron chi connectivity index (χ4n) is 5.40. The van der Waals surface area contributed by atoms with Gasteiger partial charge in [0.15, 0.2) is 0 Å². The number of nitrogens with one attached hydrogen (secondary N) is 3. The number of carbonyl (C=O) groups is 3. The molecule has 0 aliphatic carbocycles. The van der Waals surface area contributed by atoms with Crippen molar-refractivity contribution in [2.24, 2.45) is 11.7 Å². The molecule has 0 saturated heterocycles. The van der Waals surface area contributed by atoms with Crippen molar-refractivity contribution in [1.29, 1.82) is 0 Å². The molecule has 4 aromatic carbocycles. The summed E-state index contributed by atoms with van der Waals surface area (Å²) < 4.78 is 0. The van der Waals surface area contributed by atoms with Gasteiger partial charge in [-0.2, -0.15) is 0 Å². The SMILES string of the molecule is CCC(C)C1NC(=O)c2ccccc2/C1=C/C(=O)Nc1ccccc1-c1ccccc1NC(=O)[C@@H](N)Cc1ccccc1. The highest BCUT2D eigenvalue weighted by Crippen LogP contribution is 2.35. The first-order valence-electron chi connectivity index (χ1n) is 14.6. The summed E-state index contributed by atoms with van der Waals surface area (Å²) in [6.45, 7) is 4.13. The van der Waals surface area contributed by atoms with Gasteiger partial charge in [0.2, 0.25) is 11.8 Å². The molecule has 1 aliphatic heterocycles. The molecule has 3 amide bonds. The highest BCUT2D eigenvalue weighted by atomic mass is 16.2. The van der Waals surface area contributed by atoms with Crippen molar-refractivity contribution in [2.45, 2.75) is 38.8 Å². The van der Waals surface area contributed by atoms with Crippen molar-refractivity contribution in [2.75, 3.05) is 10.6 Å². The van der Waals surface area contributed by atoms with Crippen molar-refractivity contribution in [3.8, 4) is 11.1 Å². The lowest BCUT2D eigenvalue weighted by atomic mass is 9.82. The first-order valence-corrected chi connectivity index (χ1v) is 14.6. The number of benzene rings is 4. The van der Waals surface area contributed by atoms with Crippen LogP contribution in [0.4, 0.5) is 11.4 Å². The summed E-state index contributed by atoms with van der Waals surface area (Å²) in [5.41, 5.74) is 12.0. The van der Waals surface area contributed by atoms with Crippen molar-refractivity contribution in [3.63, 3.8) is 0 Å². The van der Waals surface area contributed by atoms with Crippen molar-refractivity contribution < 1.29 is 14.4 Å². The Hall–Kier alpha value is -5.01. The molecule has 0 bridgehead atoms. The van der Waals surface area contributed by atoms with Gasteiger partial charge in [0.05, 0.1) is 12.1 Å². The molecular formula is C36H36N4O3. The molecule has 1 aliphatic rings. The van der Waals surface area contributed by atoms with Crippen LogP contribution >= 0.6 is 0 Å². The average Bonchev–Trinajstić information content (AvgIpc) is 3.03. The smallest absolute Gasteiger partial charge is 0.252 e. The Morgan fingerprint density at radius 2 is 1.33 bits per heavy atom. The van der Waals surface area contributed by atoms with Crippen molar-refractivity contribution >= 4 is 34.7 Å². The van der Waals surface area contributed by atoms with E-state index in [1.807, 2.05) is 97.1 Å². The molecule has 0 saturated carbocycles. The molecule has 0 aromatic heterocycles. The largest absolute Gasteiger partial charge is 0.345 e. The Morgan fingerprint density at radius 1 is 0.791 bits per heavy atom. The minimum atomic E-state index is -0.727.